The van der Waals surface area contributed by atoms with E-state index in [4.69, 9.17) is 16.3 Å². The molecular weight excluding hydrogens is 586 g/mol. The number of benzene rings is 2. The van der Waals surface area contributed by atoms with Crippen molar-refractivity contribution in [2.24, 2.45) is 17.4 Å². The van der Waals surface area contributed by atoms with Gasteiger partial charge in [0.2, 0.25) is 6.41 Å². The number of nitrogens with zero attached hydrogens (tertiary/aromatic N) is 4. The number of aryl methyl sites for hydroxylation is 1. The van der Waals surface area contributed by atoms with Gasteiger partial charge in [-0.15, -0.1) is 5.10 Å². The highest BCUT2D eigenvalue weighted by Gasteiger charge is 2.24. The van der Waals surface area contributed by atoms with Crippen molar-refractivity contribution in [3.63, 3.8) is 0 Å². The number of para-hydroxylation sites is 1. The number of amides is 2. The van der Waals surface area contributed by atoms with Gasteiger partial charge in [0.15, 0.2) is 11.5 Å². The summed E-state index contributed by atoms with van der Waals surface area (Å²) in [6.07, 6.45) is 5.54. The molecule has 234 valence electrons. The minimum absolute atomic E-state index is 0.000975. The number of fused-ring (bicyclic) bond motifs is 2. The van der Waals surface area contributed by atoms with Gasteiger partial charge in [-0.2, -0.15) is 0 Å². The molecule has 46 heavy (non-hydrogen) atoms. The number of hydrogen-bond acceptors (Lipinski definition) is 8. The molecular formula is C34H33N7O5. The molecule has 3 heterocycles. The summed E-state index contributed by atoms with van der Waals surface area (Å²) in [7, 11) is 0. The summed E-state index contributed by atoms with van der Waals surface area (Å²) in [5.41, 5.74) is 17.7. The highest BCUT2D eigenvalue weighted by Crippen LogP contribution is 2.23. The van der Waals surface area contributed by atoms with Crippen molar-refractivity contribution in [3.8, 4) is 17.5 Å². The molecule has 0 radical (unpaired) electrons. The Balaban J connectivity index is 0.000000248. The number of ketones is 2. The number of primary amides is 2. The highest BCUT2D eigenvalue weighted by molar-refractivity contribution is 6.03. The zero-order chi connectivity index (χ0) is 33.2. The first kappa shape index (κ1) is 32.8. The van der Waals surface area contributed by atoms with Crippen LogP contribution < -0.4 is 22.8 Å². The first-order chi connectivity index (χ1) is 22.2. The average molecular weight is 620 g/mol. The Kier molecular flexibility index (Phi) is 10.8. The number of Topliss-reactive ketones (excluding diaryl/α,β-unsaturated/α-hetero) is 2. The second-order valence-electron chi connectivity index (χ2n) is 10.4. The Morgan fingerprint density at radius 3 is 2.39 bits per heavy atom. The molecule has 0 atom stereocenters. The number of carbonyl (C=O) groups excluding carboxylic acids is 4. The lowest BCUT2D eigenvalue weighted by Crippen LogP contribution is -2.22. The van der Waals surface area contributed by atoms with Gasteiger partial charge in [-0.05, 0) is 48.1 Å². The smallest absolute Gasteiger partial charge is 0.264 e. The molecule has 1 saturated carbocycles. The number of rotatable bonds is 4. The van der Waals surface area contributed by atoms with Crippen molar-refractivity contribution in [1.82, 2.24) is 19.2 Å². The van der Waals surface area contributed by atoms with Crippen molar-refractivity contribution >= 4 is 46.1 Å². The van der Waals surface area contributed by atoms with Crippen molar-refractivity contribution in [2.45, 2.75) is 39.0 Å². The van der Waals surface area contributed by atoms with Gasteiger partial charge in [-0.25, -0.2) is 9.50 Å². The highest BCUT2D eigenvalue weighted by atomic mass is 16.2. The summed E-state index contributed by atoms with van der Waals surface area (Å²) < 4.78 is 3.17. The molecule has 0 unspecified atom stereocenters. The maximum absolute atomic E-state index is 13.5. The van der Waals surface area contributed by atoms with E-state index in [1.54, 1.807) is 23.0 Å². The third-order valence-corrected chi connectivity index (χ3v) is 7.21. The number of aromatic nitrogens is 4. The van der Waals surface area contributed by atoms with Gasteiger partial charge in [0.1, 0.15) is 17.1 Å². The molecule has 0 aliphatic heterocycles. The van der Waals surface area contributed by atoms with Gasteiger partial charge in [0.25, 0.3) is 11.5 Å². The molecule has 1 aliphatic rings. The molecule has 2 aromatic carbocycles. The number of anilines is 1. The summed E-state index contributed by atoms with van der Waals surface area (Å²) in [5.74, 6) is 5.72. The van der Waals surface area contributed by atoms with Crippen molar-refractivity contribution in [1.29, 1.82) is 0 Å². The number of pyridine rings is 1. The van der Waals surface area contributed by atoms with E-state index < -0.39 is 5.91 Å². The fourth-order valence-corrected chi connectivity index (χ4v) is 5.30. The molecule has 0 bridgehead atoms. The summed E-state index contributed by atoms with van der Waals surface area (Å²) >= 11 is 0. The minimum atomic E-state index is -0.619. The van der Waals surface area contributed by atoms with E-state index in [-0.39, 0.29) is 47.3 Å². The predicted octanol–water partition coefficient (Wildman–Crippen LogP) is 2.74. The third kappa shape index (κ3) is 7.51. The molecule has 3 aromatic heterocycles. The molecule has 5 aromatic rings. The third-order valence-electron chi connectivity index (χ3n) is 7.21. The lowest BCUT2D eigenvalue weighted by Gasteiger charge is -2.17. The second kappa shape index (κ2) is 15.1. The number of carbonyl (C=O) groups is 4. The van der Waals surface area contributed by atoms with Gasteiger partial charge in [0, 0.05) is 48.6 Å². The van der Waals surface area contributed by atoms with E-state index in [1.807, 2.05) is 61.5 Å². The Labute approximate surface area is 264 Å². The van der Waals surface area contributed by atoms with Gasteiger partial charge in [0.05, 0.1) is 11.8 Å². The lowest BCUT2D eigenvalue weighted by atomic mass is 9.85. The standard InChI is InChI=1S/C26H23NO3.C7H7N5O.CH3NO/c1-2-21-16-20-11-7-10-19(9-6-8-18-14-23(28)17-24(29)15-18)25(20)26(30)27(21)22-12-4-3-5-13-22;8-5-4(6(9)13)7-10-2-1-3-12(7)11-5;2-1-3/h3-5,7,10-13,16,18H,2,8,14-15,17H2,1H3;1-3H,(H2,8,11)(H2,9,13);1H,(H2,2,3). The summed E-state index contributed by atoms with van der Waals surface area (Å²) in [5, 5.41) is 5.34. The van der Waals surface area contributed by atoms with E-state index in [9.17, 15) is 19.2 Å². The Bertz CT molecular complexity index is 2020. The normalized spacial score (nSPS) is 12.7. The van der Waals surface area contributed by atoms with E-state index >= 15 is 0 Å². The Morgan fingerprint density at radius 2 is 1.74 bits per heavy atom. The van der Waals surface area contributed by atoms with Crippen LogP contribution in [0.4, 0.5) is 5.82 Å². The maximum atomic E-state index is 13.5. The van der Waals surface area contributed by atoms with E-state index in [2.05, 4.69) is 27.7 Å². The van der Waals surface area contributed by atoms with E-state index in [1.165, 1.54) is 4.52 Å². The number of nitrogens with two attached hydrogens (primary N) is 3. The summed E-state index contributed by atoms with van der Waals surface area (Å²) in [4.78, 5) is 60.3. The van der Waals surface area contributed by atoms with Crippen molar-refractivity contribution in [3.05, 3.63) is 100 Å². The summed E-state index contributed by atoms with van der Waals surface area (Å²) in [6.45, 7) is 2.04. The predicted molar refractivity (Wildman–Crippen MR) is 174 cm³/mol. The first-order valence-corrected chi connectivity index (χ1v) is 14.5. The van der Waals surface area contributed by atoms with Crippen LogP contribution in [0, 0.1) is 17.8 Å². The lowest BCUT2D eigenvalue weighted by molar-refractivity contribution is -0.131. The fourth-order valence-electron chi connectivity index (χ4n) is 5.30. The quantitative estimate of drug-likeness (QED) is 0.155. The van der Waals surface area contributed by atoms with Crippen LogP contribution in [0.3, 0.4) is 0 Å². The molecule has 0 spiro atoms. The Hall–Kier alpha value is -6.09. The number of nitrogen functional groups attached to an aromatic ring is 1. The van der Waals surface area contributed by atoms with Crippen molar-refractivity contribution < 1.29 is 19.2 Å². The zero-order valence-electron chi connectivity index (χ0n) is 25.2. The maximum Gasteiger partial charge on any atom is 0.264 e. The van der Waals surface area contributed by atoms with Gasteiger partial charge in [-0.3, -0.25) is 28.5 Å². The van der Waals surface area contributed by atoms with Crippen molar-refractivity contribution in [2.75, 3.05) is 5.73 Å². The largest absolute Gasteiger partial charge is 0.381 e. The first-order valence-electron chi connectivity index (χ1n) is 14.5. The second-order valence-corrected chi connectivity index (χ2v) is 10.4. The molecule has 1 fully saturated rings. The van der Waals surface area contributed by atoms with E-state index in [0.717, 1.165) is 23.2 Å². The van der Waals surface area contributed by atoms with Gasteiger partial charge in [-0.1, -0.05) is 49.1 Å². The SMILES string of the molecule is CCc1cc2cccc(C#CCC3CC(=O)CC(=O)C3)c2c(=O)n1-c1ccccc1.NC(=O)c1c(N)nn2cccnc12.NC=O. The van der Waals surface area contributed by atoms with Crippen LogP contribution in [0.15, 0.2) is 77.9 Å². The van der Waals surface area contributed by atoms with Crippen LogP contribution in [0.25, 0.3) is 22.1 Å². The Morgan fingerprint density at radius 1 is 1.04 bits per heavy atom. The fraction of sp³-hybridized carbons (Fsp3) is 0.206. The van der Waals surface area contributed by atoms with Crippen LogP contribution in [0.1, 0.15) is 54.2 Å². The molecule has 0 saturated heterocycles. The zero-order valence-corrected chi connectivity index (χ0v) is 25.2. The molecule has 6 N–H and O–H groups in total. The topological polar surface area (TPSA) is 199 Å². The van der Waals surface area contributed by atoms with Crippen LogP contribution in [0.2, 0.25) is 0 Å². The average Bonchev–Trinajstić information content (AvgIpc) is 3.37. The molecule has 6 rings (SSSR count). The summed E-state index contributed by atoms with van der Waals surface area (Å²) in [6, 6.07) is 19.1. The molecule has 12 heteroatoms. The van der Waals surface area contributed by atoms with Gasteiger partial charge >= 0.3 is 0 Å². The number of hydrogen-bond donors (Lipinski definition) is 3. The van der Waals surface area contributed by atoms with Crippen LogP contribution >= 0.6 is 0 Å². The van der Waals surface area contributed by atoms with E-state index in [0.29, 0.717) is 35.9 Å². The monoisotopic (exact) mass is 619 g/mol. The molecule has 2 amide bonds. The van der Waals surface area contributed by atoms with Gasteiger partial charge < -0.3 is 17.2 Å². The van der Waals surface area contributed by atoms with Crippen LogP contribution in [-0.4, -0.2) is 43.0 Å². The molecule has 1 aliphatic carbocycles. The minimum Gasteiger partial charge on any atom is -0.381 e. The molecule has 12 nitrogen and oxygen atoms in total. The van der Waals surface area contributed by atoms with Crippen LogP contribution in [-0.2, 0) is 20.8 Å². The van der Waals surface area contributed by atoms with Crippen LogP contribution in [0.5, 0.6) is 0 Å².